The lowest BCUT2D eigenvalue weighted by molar-refractivity contribution is -0.131. The van der Waals surface area contributed by atoms with Gasteiger partial charge in [-0.1, -0.05) is 49.4 Å². The minimum Gasteiger partial charge on any atom is -0.338 e. The van der Waals surface area contributed by atoms with Gasteiger partial charge in [-0.3, -0.25) is 9.10 Å². The first kappa shape index (κ1) is 19.4. The third-order valence-corrected chi connectivity index (χ3v) is 6.23. The first-order chi connectivity index (χ1) is 12.9. The molecule has 144 valence electrons. The molecule has 0 unspecified atom stereocenters. The summed E-state index contributed by atoms with van der Waals surface area (Å²) >= 11 is 0. The van der Waals surface area contributed by atoms with E-state index in [0.29, 0.717) is 18.8 Å². The lowest BCUT2D eigenvalue weighted by Gasteiger charge is -2.30. The molecule has 0 aromatic heterocycles. The van der Waals surface area contributed by atoms with Crippen molar-refractivity contribution < 1.29 is 13.2 Å². The Bertz CT molecular complexity index is 925. The Kier molecular flexibility index (Phi) is 5.85. The number of rotatable bonds is 6. The molecule has 1 aliphatic rings. The average Bonchev–Trinajstić information content (AvgIpc) is 2.67. The van der Waals surface area contributed by atoms with Crippen molar-refractivity contribution in [3.8, 4) is 0 Å². The number of fused-ring (bicyclic) bond motifs is 1. The van der Waals surface area contributed by atoms with E-state index < -0.39 is 10.0 Å². The highest BCUT2D eigenvalue weighted by atomic mass is 32.2. The molecule has 1 aliphatic heterocycles. The summed E-state index contributed by atoms with van der Waals surface area (Å²) in [5, 5.41) is 0. The Morgan fingerprint density at radius 3 is 2.44 bits per heavy atom. The fourth-order valence-corrected chi connectivity index (χ4v) is 4.54. The summed E-state index contributed by atoms with van der Waals surface area (Å²) in [4.78, 5) is 14.6. The van der Waals surface area contributed by atoms with Crippen LogP contribution in [0.25, 0.3) is 0 Å². The van der Waals surface area contributed by atoms with Crippen LogP contribution in [-0.2, 0) is 34.2 Å². The quantitative estimate of drug-likeness (QED) is 0.767. The van der Waals surface area contributed by atoms with Crippen molar-refractivity contribution in [3.05, 3.63) is 65.2 Å². The minimum absolute atomic E-state index is 0.00728. The second-order valence-electron chi connectivity index (χ2n) is 6.90. The first-order valence-corrected chi connectivity index (χ1v) is 11.1. The zero-order valence-electron chi connectivity index (χ0n) is 15.9. The van der Waals surface area contributed by atoms with Crippen LogP contribution in [0.3, 0.4) is 0 Å². The SMILES string of the molecule is CCc1ccccc1N(CCC(=O)N1CCc2ccccc2C1)S(C)(=O)=O. The van der Waals surface area contributed by atoms with Crippen LogP contribution in [-0.4, -0.2) is 38.6 Å². The highest BCUT2D eigenvalue weighted by Crippen LogP contribution is 2.24. The Balaban J connectivity index is 1.72. The Hall–Kier alpha value is -2.34. The standard InChI is InChI=1S/C21H26N2O3S/c1-3-17-8-6-7-11-20(17)23(27(2,25)26)15-13-21(24)22-14-12-18-9-4-5-10-19(18)16-22/h4-11H,3,12-16H2,1-2H3. The number of hydrogen-bond acceptors (Lipinski definition) is 3. The number of benzene rings is 2. The van der Waals surface area contributed by atoms with Gasteiger partial charge >= 0.3 is 0 Å². The molecule has 1 amide bonds. The van der Waals surface area contributed by atoms with Crippen molar-refractivity contribution >= 4 is 21.6 Å². The summed E-state index contributed by atoms with van der Waals surface area (Å²) in [5.41, 5.74) is 4.09. The smallest absolute Gasteiger partial charge is 0.232 e. The number of sulfonamides is 1. The summed E-state index contributed by atoms with van der Waals surface area (Å²) in [6.45, 7) is 3.43. The molecule has 0 aliphatic carbocycles. The van der Waals surface area contributed by atoms with E-state index in [1.54, 1.807) is 0 Å². The fraction of sp³-hybridized carbons (Fsp3) is 0.381. The zero-order valence-corrected chi connectivity index (χ0v) is 16.7. The van der Waals surface area contributed by atoms with Crippen molar-refractivity contribution in [3.63, 3.8) is 0 Å². The van der Waals surface area contributed by atoms with Gasteiger partial charge in [0.1, 0.15) is 0 Å². The van der Waals surface area contributed by atoms with Gasteiger partial charge in [-0.25, -0.2) is 8.42 Å². The minimum atomic E-state index is -3.46. The van der Waals surface area contributed by atoms with Gasteiger partial charge in [0.25, 0.3) is 0 Å². The number of anilines is 1. The molecular formula is C21H26N2O3S. The summed E-state index contributed by atoms with van der Waals surface area (Å²) in [5.74, 6) is -0.00728. The molecule has 0 atom stereocenters. The average molecular weight is 387 g/mol. The molecule has 1 heterocycles. The predicted octanol–water partition coefficient (Wildman–Crippen LogP) is 2.99. The van der Waals surface area contributed by atoms with Crippen LogP contribution in [0.1, 0.15) is 30.0 Å². The van der Waals surface area contributed by atoms with Crippen molar-refractivity contribution in [2.75, 3.05) is 23.7 Å². The predicted molar refractivity (Wildman–Crippen MR) is 108 cm³/mol. The molecule has 0 saturated heterocycles. The molecule has 0 bridgehead atoms. The highest BCUT2D eigenvalue weighted by molar-refractivity contribution is 7.92. The highest BCUT2D eigenvalue weighted by Gasteiger charge is 2.24. The number of hydrogen-bond donors (Lipinski definition) is 0. The summed E-state index contributed by atoms with van der Waals surface area (Å²) in [6.07, 6.45) is 2.95. The van der Waals surface area contributed by atoms with Gasteiger partial charge in [0.05, 0.1) is 11.9 Å². The van der Waals surface area contributed by atoms with Crippen molar-refractivity contribution in [2.45, 2.75) is 32.7 Å². The van der Waals surface area contributed by atoms with Crippen molar-refractivity contribution in [2.24, 2.45) is 0 Å². The van der Waals surface area contributed by atoms with E-state index in [1.807, 2.05) is 48.2 Å². The summed E-state index contributed by atoms with van der Waals surface area (Å²) in [7, 11) is -3.46. The third kappa shape index (κ3) is 4.50. The van der Waals surface area contributed by atoms with E-state index in [2.05, 4.69) is 12.1 Å². The monoisotopic (exact) mass is 386 g/mol. The van der Waals surface area contributed by atoms with E-state index in [9.17, 15) is 13.2 Å². The fourth-order valence-electron chi connectivity index (χ4n) is 3.58. The summed E-state index contributed by atoms with van der Waals surface area (Å²) < 4.78 is 26.1. The maximum absolute atomic E-state index is 12.7. The second-order valence-corrected chi connectivity index (χ2v) is 8.81. The largest absolute Gasteiger partial charge is 0.338 e. The first-order valence-electron chi connectivity index (χ1n) is 9.30. The van der Waals surface area contributed by atoms with Gasteiger partial charge in [-0.2, -0.15) is 0 Å². The Labute approximate surface area is 161 Å². The molecular weight excluding hydrogens is 360 g/mol. The number of carbonyl (C=O) groups is 1. The molecule has 2 aromatic carbocycles. The topological polar surface area (TPSA) is 57.7 Å². The molecule has 0 spiro atoms. The number of para-hydroxylation sites is 1. The molecule has 2 aromatic rings. The molecule has 27 heavy (non-hydrogen) atoms. The molecule has 5 nitrogen and oxygen atoms in total. The number of nitrogens with zero attached hydrogens (tertiary/aromatic N) is 2. The second kappa shape index (κ2) is 8.13. The molecule has 0 saturated carbocycles. The van der Waals surface area contributed by atoms with E-state index >= 15 is 0 Å². The summed E-state index contributed by atoms with van der Waals surface area (Å²) in [6, 6.07) is 15.6. The lowest BCUT2D eigenvalue weighted by Crippen LogP contribution is -2.39. The number of carbonyl (C=O) groups excluding carboxylic acids is 1. The van der Waals surface area contributed by atoms with Gasteiger partial charge < -0.3 is 4.90 Å². The lowest BCUT2D eigenvalue weighted by atomic mass is 10.00. The van der Waals surface area contributed by atoms with Crippen LogP contribution in [0.2, 0.25) is 0 Å². The van der Waals surface area contributed by atoms with Crippen LogP contribution in [0.4, 0.5) is 5.69 Å². The molecule has 0 radical (unpaired) electrons. The van der Waals surface area contributed by atoms with Crippen LogP contribution in [0, 0.1) is 0 Å². The van der Waals surface area contributed by atoms with E-state index in [4.69, 9.17) is 0 Å². The van der Waals surface area contributed by atoms with Crippen LogP contribution >= 0.6 is 0 Å². The van der Waals surface area contributed by atoms with Gasteiger partial charge in [-0.05, 0) is 35.6 Å². The number of amides is 1. The Morgan fingerprint density at radius 1 is 1.07 bits per heavy atom. The van der Waals surface area contributed by atoms with Gasteiger partial charge in [0.2, 0.25) is 15.9 Å². The molecule has 6 heteroatoms. The zero-order chi connectivity index (χ0) is 19.4. The molecule has 0 N–H and O–H groups in total. The van der Waals surface area contributed by atoms with E-state index in [1.165, 1.54) is 21.7 Å². The molecule has 0 fully saturated rings. The van der Waals surface area contributed by atoms with Gasteiger partial charge in [-0.15, -0.1) is 0 Å². The van der Waals surface area contributed by atoms with E-state index in [-0.39, 0.29) is 18.9 Å². The maximum Gasteiger partial charge on any atom is 0.232 e. The van der Waals surface area contributed by atoms with Crippen LogP contribution in [0.15, 0.2) is 48.5 Å². The number of aryl methyl sites for hydroxylation is 1. The van der Waals surface area contributed by atoms with Crippen LogP contribution < -0.4 is 4.31 Å². The maximum atomic E-state index is 12.7. The van der Waals surface area contributed by atoms with Gasteiger partial charge in [0.15, 0.2) is 0 Å². The Morgan fingerprint density at radius 2 is 1.74 bits per heavy atom. The normalized spacial score (nSPS) is 13.9. The van der Waals surface area contributed by atoms with Crippen molar-refractivity contribution in [1.82, 2.24) is 4.90 Å². The third-order valence-electron chi connectivity index (χ3n) is 5.05. The van der Waals surface area contributed by atoms with Gasteiger partial charge in [0, 0.05) is 26.1 Å². The van der Waals surface area contributed by atoms with E-state index in [0.717, 1.165) is 18.4 Å². The molecule has 3 rings (SSSR count). The van der Waals surface area contributed by atoms with Crippen molar-refractivity contribution in [1.29, 1.82) is 0 Å². The van der Waals surface area contributed by atoms with Crippen LogP contribution in [0.5, 0.6) is 0 Å².